The molecule has 3 rings (SSSR count). The molecule has 1 N–H and O–H groups in total. The molecule has 7 heteroatoms. The number of amides is 2. The molecular weight excluding hydrogens is 443 g/mol. The van der Waals surface area contributed by atoms with Gasteiger partial charge in [-0.1, -0.05) is 65.8 Å². The molecule has 4 nitrogen and oxygen atoms in total. The van der Waals surface area contributed by atoms with Crippen LogP contribution in [0.1, 0.15) is 43.7 Å². The first-order valence-electron chi connectivity index (χ1n) is 10.1. The highest BCUT2D eigenvalue weighted by molar-refractivity contribution is 6.42. The van der Waals surface area contributed by atoms with Gasteiger partial charge in [0.1, 0.15) is 6.04 Å². The summed E-state index contributed by atoms with van der Waals surface area (Å²) in [4.78, 5) is 27.7. The number of carbonyl (C=O) groups is 2. The van der Waals surface area contributed by atoms with E-state index in [4.69, 9.17) is 34.8 Å². The second kappa shape index (κ2) is 10.5. The van der Waals surface area contributed by atoms with Crippen molar-refractivity contribution in [2.75, 3.05) is 0 Å². The molecule has 2 aromatic rings. The van der Waals surface area contributed by atoms with Crippen LogP contribution in [0.25, 0.3) is 0 Å². The van der Waals surface area contributed by atoms with Crippen LogP contribution in [0.15, 0.2) is 42.5 Å². The molecule has 1 fully saturated rings. The van der Waals surface area contributed by atoms with Gasteiger partial charge in [0, 0.05) is 17.6 Å². The van der Waals surface area contributed by atoms with Crippen molar-refractivity contribution in [1.82, 2.24) is 10.2 Å². The van der Waals surface area contributed by atoms with Crippen LogP contribution >= 0.6 is 34.8 Å². The Morgan fingerprint density at radius 2 is 1.77 bits per heavy atom. The maximum atomic E-state index is 13.2. The average Bonchev–Trinajstić information content (AvgIpc) is 3.21. The first-order valence-corrected chi connectivity index (χ1v) is 11.2. The number of halogens is 3. The number of nitrogens with one attached hydrogen (secondary N) is 1. The molecular formula is C23H25Cl3N2O2. The zero-order chi connectivity index (χ0) is 21.7. The number of rotatable bonds is 7. The first-order chi connectivity index (χ1) is 14.3. The quantitative estimate of drug-likeness (QED) is 0.571. The van der Waals surface area contributed by atoms with Crippen LogP contribution in [-0.4, -0.2) is 28.8 Å². The van der Waals surface area contributed by atoms with Gasteiger partial charge in [0.25, 0.3) is 0 Å². The summed E-state index contributed by atoms with van der Waals surface area (Å²) in [5.41, 5.74) is 1.61. The molecule has 1 saturated carbocycles. The highest BCUT2D eigenvalue weighted by Crippen LogP contribution is 2.24. The summed E-state index contributed by atoms with van der Waals surface area (Å²) in [6.07, 6.45) is 4.38. The van der Waals surface area contributed by atoms with Crippen LogP contribution in [0.5, 0.6) is 0 Å². The van der Waals surface area contributed by atoms with E-state index in [0.717, 1.165) is 36.8 Å². The smallest absolute Gasteiger partial charge is 0.242 e. The van der Waals surface area contributed by atoms with Crippen LogP contribution in [0, 0.1) is 0 Å². The Morgan fingerprint density at radius 3 is 2.43 bits per heavy atom. The molecule has 1 aliphatic rings. The molecule has 1 aliphatic carbocycles. The highest BCUT2D eigenvalue weighted by atomic mass is 35.5. The molecule has 2 amide bonds. The van der Waals surface area contributed by atoms with E-state index in [2.05, 4.69) is 5.32 Å². The Hall–Kier alpha value is -1.75. The minimum Gasteiger partial charge on any atom is -0.352 e. The minimum absolute atomic E-state index is 0.138. The lowest BCUT2D eigenvalue weighted by Gasteiger charge is -2.30. The van der Waals surface area contributed by atoms with Crippen molar-refractivity contribution in [1.29, 1.82) is 0 Å². The van der Waals surface area contributed by atoms with E-state index in [-0.39, 0.29) is 30.8 Å². The van der Waals surface area contributed by atoms with Gasteiger partial charge < -0.3 is 10.2 Å². The predicted molar refractivity (Wildman–Crippen MR) is 122 cm³/mol. The van der Waals surface area contributed by atoms with Gasteiger partial charge in [-0.05, 0) is 55.2 Å². The molecule has 2 aromatic carbocycles. The molecule has 160 valence electrons. The largest absolute Gasteiger partial charge is 0.352 e. The van der Waals surface area contributed by atoms with Crippen molar-refractivity contribution in [3.05, 3.63) is 68.7 Å². The lowest BCUT2D eigenvalue weighted by molar-refractivity contribution is -0.140. The Kier molecular flexibility index (Phi) is 8.04. The summed E-state index contributed by atoms with van der Waals surface area (Å²) >= 11 is 18.2. The maximum absolute atomic E-state index is 13.2. The highest BCUT2D eigenvalue weighted by Gasteiger charge is 2.28. The third kappa shape index (κ3) is 6.13. The van der Waals surface area contributed by atoms with Crippen LogP contribution < -0.4 is 5.32 Å². The molecule has 1 unspecified atom stereocenters. The zero-order valence-corrected chi connectivity index (χ0v) is 19.1. The molecule has 1 atom stereocenters. The second-order valence-corrected chi connectivity index (χ2v) is 8.99. The number of nitrogens with zero attached hydrogens (tertiary/aromatic N) is 1. The summed E-state index contributed by atoms with van der Waals surface area (Å²) in [7, 11) is 0. The third-order valence-corrected chi connectivity index (χ3v) is 6.42. The zero-order valence-electron chi connectivity index (χ0n) is 16.8. The molecule has 0 aliphatic heterocycles. The van der Waals surface area contributed by atoms with Gasteiger partial charge in [0.05, 0.1) is 16.5 Å². The van der Waals surface area contributed by atoms with Crippen molar-refractivity contribution in [2.24, 2.45) is 0 Å². The van der Waals surface area contributed by atoms with Crippen LogP contribution in [-0.2, 0) is 22.6 Å². The van der Waals surface area contributed by atoms with Crippen molar-refractivity contribution in [3.63, 3.8) is 0 Å². The summed E-state index contributed by atoms with van der Waals surface area (Å²) in [6.45, 7) is 2.02. The summed E-state index contributed by atoms with van der Waals surface area (Å²) in [5.74, 6) is -0.293. The molecule has 0 spiro atoms. The second-order valence-electron chi connectivity index (χ2n) is 7.74. The van der Waals surface area contributed by atoms with Gasteiger partial charge >= 0.3 is 0 Å². The summed E-state index contributed by atoms with van der Waals surface area (Å²) in [6, 6.07) is 12.0. The Morgan fingerprint density at radius 1 is 1.03 bits per heavy atom. The van der Waals surface area contributed by atoms with Crippen LogP contribution in [0.2, 0.25) is 15.1 Å². The van der Waals surface area contributed by atoms with E-state index < -0.39 is 6.04 Å². The first kappa shape index (κ1) is 22.9. The topological polar surface area (TPSA) is 49.4 Å². The molecule has 0 bridgehead atoms. The van der Waals surface area contributed by atoms with E-state index in [1.165, 1.54) is 0 Å². The fraction of sp³-hybridized carbons (Fsp3) is 0.391. The van der Waals surface area contributed by atoms with Gasteiger partial charge in [-0.3, -0.25) is 9.59 Å². The SMILES string of the molecule is CC(C(=O)NC1CCCC1)N(Cc1ccc(Cl)c(Cl)c1)C(=O)Cc1cccc(Cl)c1. The standard InChI is InChI=1S/C23H25Cl3N2O2/c1-15(23(30)27-19-7-2-3-8-19)28(14-17-9-10-20(25)21(26)12-17)22(29)13-16-5-4-6-18(24)11-16/h4-6,9-12,15,19H,2-3,7-8,13-14H2,1H3,(H,27,30). The van der Waals surface area contributed by atoms with Gasteiger partial charge in [0.15, 0.2) is 0 Å². The molecule has 30 heavy (non-hydrogen) atoms. The molecule has 0 saturated heterocycles. The maximum Gasteiger partial charge on any atom is 0.242 e. The van der Waals surface area contributed by atoms with Gasteiger partial charge in [-0.2, -0.15) is 0 Å². The van der Waals surface area contributed by atoms with Crippen LogP contribution in [0.4, 0.5) is 0 Å². The summed E-state index contributed by atoms with van der Waals surface area (Å²) in [5, 5.41) is 4.53. The van der Waals surface area contributed by atoms with Crippen molar-refractivity contribution < 1.29 is 9.59 Å². The van der Waals surface area contributed by atoms with Gasteiger partial charge in [-0.15, -0.1) is 0 Å². The molecule has 0 radical (unpaired) electrons. The Balaban J connectivity index is 1.79. The van der Waals surface area contributed by atoms with Gasteiger partial charge in [0.2, 0.25) is 11.8 Å². The predicted octanol–water partition coefficient (Wildman–Crippen LogP) is 5.67. The van der Waals surface area contributed by atoms with E-state index in [9.17, 15) is 9.59 Å². The van der Waals surface area contributed by atoms with E-state index in [0.29, 0.717) is 15.1 Å². The van der Waals surface area contributed by atoms with E-state index >= 15 is 0 Å². The average molecular weight is 468 g/mol. The minimum atomic E-state index is -0.619. The van der Waals surface area contributed by atoms with Crippen molar-refractivity contribution >= 4 is 46.6 Å². The fourth-order valence-corrected chi connectivity index (χ4v) is 4.27. The third-order valence-electron chi connectivity index (χ3n) is 5.45. The summed E-state index contributed by atoms with van der Waals surface area (Å²) < 4.78 is 0. The number of hydrogen-bond acceptors (Lipinski definition) is 2. The van der Waals surface area contributed by atoms with E-state index in [1.54, 1.807) is 36.1 Å². The van der Waals surface area contributed by atoms with E-state index in [1.807, 2.05) is 18.2 Å². The lowest BCUT2D eigenvalue weighted by Crippen LogP contribution is -2.50. The number of hydrogen-bond donors (Lipinski definition) is 1. The van der Waals surface area contributed by atoms with Gasteiger partial charge in [-0.25, -0.2) is 0 Å². The van der Waals surface area contributed by atoms with Crippen molar-refractivity contribution in [3.8, 4) is 0 Å². The van der Waals surface area contributed by atoms with Crippen molar-refractivity contribution in [2.45, 2.75) is 57.7 Å². The Bertz CT molecular complexity index is 913. The monoisotopic (exact) mass is 466 g/mol. The number of benzene rings is 2. The molecule has 0 aromatic heterocycles. The van der Waals surface area contributed by atoms with Crippen LogP contribution in [0.3, 0.4) is 0 Å². The Labute approximate surface area is 192 Å². The fourth-order valence-electron chi connectivity index (χ4n) is 3.73. The number of carbonyl (C=O) groups excluding carboxylic acids is 2. The lowest BCUT2D eigenvalue weighted by atomic mass is 10.1. The normalized spacial score (nSPS) is 15.1. The molecule has 0 heterocycles.